The van der Waals surface area contributed by atoms with Crippen LogP contribution < -0.4 is 10.7 Å². The quantitative estimate of drug-likeness (QED) is 0.628. The van der Waals surface area contributed by atoms with Crippen LogP contribution in [0.2, 0.25) is 0 Å². The predicted molar refractivity (Wildman–Crippen MR) is 80.6 cm³/mol. The van der Waals surface area contributed by atoms with Crippen LogP contribution in [0.15, 0.2) is 23.3 Å². The Morgan fingerprint density at radius 2 is 1.84 bits per heavy atom. The van der Waals surface area contributed by atoms with E-state index in [0.717, 1.165) is 28.9 Å². The summed E-state index contributed by atoms with van der Waals surface area (Å²) in [6.45, 7) is 10.1. The molecule has 0 aliphatic carbocycles. The van der Waals surface area contributed by atoms with E-state index in [2.05, 4.69) is 29.7 Å². The molecule has 0 radical (unpaired) electrons. The van der Waals surface area contributed by atoms with Crippen LogP contribution in [0.3, 0.4) is 0 Å². The fourth-order valence-corrected chi connectivity index (χ4v) is 1.94. The number of para-hydroxylation sites is 1. The number of nitrogens with one attached hydrogen (secondary N) is 2. The lowest BCUT2D eigenvalue weighted by Gasteiger charge is -2.11. The third kappa shape index (κ3) is 5.12. The highest BCUT2D eigenvalue weighted by molar-refractivity contribution is 5.92. The summed E-state index contributed by atoms with van der Waals surface area (Å²) in [5, 5.41) is 6.90. The van der Waals surface area contributed by atoms with Crippen LogP contribution in [0.25, 0.3) is 0 Å². The van der Waals surface area contributed by atoms with Crippen molar-refractivity contribution in [3.8, 4) is 0 Å². The molecule has 19 heavy (non-hydrogen) atoms. The van der Waals surface area contributed by atoms with E-state index in [0.29, 0.717) is 5.92 Å². The van der Waals surface area contributed by atoms with Crippen molar-refractivity contribution in [2.75, 3.05) is 5.32 Å². The molecule has 0 aliphatic heterocycles. The summed E-state index contributed by atoms with van der Waals surface area (Å²) in [6, 6.07) is 5.60. The number of carbonyl (C=O) groups is 1. The summed E-state index contributed by atoms with van der Waals surface area (Å²) in [5.74, 6) is 0.534. The fourth-order valence-electron chi connectivity index (χ4n) is 1.94. The van der Waals surface area contributed by atoms with E-state index in [1.54, 1.807) is 0 Å². The molecule has 1 aromatic carbocycles. The van der Waals surface area contributed by atoms with Crippen molar-refractivity contribution in [3.63, 3.8) is 0 Å². The molecular formula is C15H23N3O. The Kier molecular flexibility index (Phi) is 5.55. The Morgan fingerprint density at radius 1 is 1.26 bits per heavy atom. The molecule has 0 saturated heterocycles. The number of hydrogen-bond donors (Lipinski definition) is 2. The van der Waals surface area contributed by atoms with Crippen LogP contribution in [-0.4, -0.2) is 11.7 Å². The molecule has 0 heterocycles. The first-order valence-corrected chi connectivity index (χ1v) is 6.56. The molecule has 0 aromatic heterocycles. The highest BCUT2D eigenvalue weighted by Gasteiger charge is 2.06. The minimum atomic E-state index is -0.305. The van der Waals surface area contributed by atoms with Gasteiger partial charge in [-0.3, -0.25) is 0 Å². The van der Waals surface area contributed by atoms with Gasteiger partial charge in [0, 0.05) is 11.4 Å². The topological polar surface area (TPSA) is 53.5 Å². The van der Waals surface area contributed by atoms with Crippen LogP contribution in [0, 0.1) is 19.8 Å². The molecular weight excluding hydrogens is 238 g/mol. The molecule has 2 N–H and O–H groups in total. The van der Waals surface area contributed by atoms with Crippen molar-refractivity contribution in [3.05, 3.63) is 29.3 Å². The molecule has 0 spiro atoms. The smallest absolute Gasteiger partial charge is 0.306 e. The minimum absolute atomic E-state index is 0.305. The van der Waals surface area contributed by atoms with Gasteiger partial charge in [-0.1, -0.05) is 32.0 Å². The first kappa shape index (κ1) is 15.2. The van der Waals surface area contributed by atoms with Gasteiger partial charge in [-0.05, 0) is 44.2 Å². The van der Waals surface area contributed by atoms with Crippen molar-refractivity contribution >= 4 is 17.4 Å². The Hall–Kier alpha value is -1.84. The van der Waals surface area contributed by atoms with Gasteiger partial charge in [-0.15, -0.1) is 0 Å². The van der Waals surface area contributed by atoms with Crippen LogP contribution in [-0.2, 0) is 0 Å². The second-order valence-electron chi connectivity index (χ2n) is 5.28. The van der Waals surface area contributed by atoms with E-state index in [1.807, 2.05) is 39.0 Å². The van der Waals surface area contributed by atoms with Gasteiger partial charge in [0.15, 0.2) is 0 Å². The standard InChI is InChI=1S/C15H23N3O/c1-10(2)9-13(5)17-18-15(19)16-14-11(3)7-6-8-12(14)4/h6-8,10H,9H2,1-5H3,(H2,16,18,19)/b17-13-. The molecule has 4 heteroatoms. The molecule has 0 unspecified atom stereocenters. The van der Waals surface area contributed by atoms with Crippen LogP contribution in [0.1, 0.15) is 38.3 Å². The molecule has 1 aromatic rings. The highest BCUT2D eigenvalue weighted by atomic mass is 16.2. The normalized spacial score (nSPS) is 11.6. The summed E-state index contributed by atoms with van der Waals surface area (Å²) >= 11 is 0. The van der Waals surface area contributed by atoms with Crippen molar-refractivity contribution < 1.29 is 4.79 Å². The number of urea groups is 1. The summed E-state index contributed by atoms with van der Waals surface area (Å²) in [5.41, 5.74) is 6.38. The number of benzene rings is 1. The van der Waals surface area contributed by atoms with Crippen molar-refractivity contribution in [2.24, 2.45) is 11.0 Å². The number of hydrazone groups is 1. The number of nitrogens with zero attached hydrogens (tertiary/aromatic N) is 1. The number of hydrogen-bond acceptors (Lipinski definition) is 2. The van der Waals surface area contributed by atoms with Gasteiger partial charge < -0.3 is 5.32 Å². The minimum Gasteiger partial charge on any atom is -0.306 e. The molecule has 0 saturated carbocycles. The maximum atomic E-state index is 11.8. The summed E-state index contributed by atoms with van der Waals surface area (Å²) in [6.07, 6.45) is 0.879. The Balaban J connectivity index is 2.61. The monoisotopic (exact) mass is 261 g/mol. The van der Waals surface area contributed by atoms with Gasteiger partial charge >= 0.3 is 6.03 Å². The Bertz CT molecular complexity index is 458. The van der Waals surface area contributed by atoms with E-state index in [-0.39, 0.29) is 6.03 Å². The van der Waals surface area contributed by atoms with Crippen molar-refractivity contribution in [2.45, 2.75) is 41.0 Å². The molecule has 0 aliphatic rings. The number of anilines is 1. The van der Waals surface area contributed by atoms with Crippen LogP contribution in [0.4, 0.5) is 10.5 Å². The van der Waals surface area contributed by atoms with Gasteiger partial charge in [-0.2, -0.15) is 5.10 Å². The predicted octanol–water partition coefficient (Wildman–Crippen LogP) is 3.85. The van der Waals surface area contributed by atoms with E-state index in [9.17, 15) is 4.79 Å². The van der Waals surface area contributed by atoms with E-state index < -0.39 is 0 Å². The number of rotatable bonds is 4. The summed E-state index contributed by atoms with van der Waals surface area (Å²) in [4.78, 5) is 11.8. The molecule has 0 fully saturated rings. The maximum absolute atomic E-state index is 11.8. The lowest BCUT2D eigenvalue weighted by Crippen LogP contribution is -2.26. The molecule has 0 atom stereocenters. The first-order chi connectivity index (χ1) is 8.90. The van der Waals surface area contributed by atoms with Gasteiger partial charge in [0.2, 0.25) is 0 Å². The number of carbonyl (C=O) groups excluding carboxylic acids is 1. The van der Waals surface area contributed by atoms with Gasteiger partial charge in [0.1, 0.15) is 0 Å². The molecule has 1 rings (SSSR count). The van der Waals surface area contributed by atoms with E-state index >= 15 is 0 Å². The van der Waals surface area contributed by atoms with Crippen molar-refractivity contribution in [1.82, 2.24) is 5.43 Å². The Labute approximate surface area is 115 Å². The van der Waals surface area contributed by atoms with Gasteiger partial charge in [-0.25, -0.2) is 10.2 Å². The molecule has 2 amide bonds. The van der Waals surface area contributed by atoms with Crippen molar-refractivity contribution in [1.29, 1.82) is 0 Å². The molecule has 104 valence electrons. The van der Waals surface area contributed by atoms with Crippen LogP contribution >= 0.6 is 0 Å². The summed E-state index contributed by atoms with van der Waals surface area (Å²) in [7, 11) is 0. The largest absolute Gasteiger partial charge is 0.339 e. The first-order valence-electron chi connectivity index (χ1n) is 6.56. The third-order valence-corrected chi connectivity index (χ3v) is 2.77. The highest BCUT2D eigenvalue weighted by Crippen LogP contribution is 2.18. The second kappa shape index (κ2) is 6.92. The lowest BCUT2D eigenvalue weighted by atomic mass is 10.1. The number of aryl methyl sites for hydroxylation is 2. The fraction of sp³-hybridized carbons (Fsp3) is 0.467. The van der Waals surface area contributed by atoms with Crippen LogP contribution in [0.5, 0.6) is 0 Å². The third-order valence-electron chi connectivity index (χ3n) is 2.77. The number of amides is 2. The van der Waals surface area contributed by atoms with Gasteiger partial charge in [0.25, 0.3) is 0 Å². The van der Waals surface area contributed by atoms with Gasteiger partial charge in [0.05, 0.1) is 0 Å². The average Bonchev–Trinajstić information content (AvgIpc) is 2.30. The SMILES string of the molecule is C/C(CC(C)C)=N/NC(=O)Nc1c(C)cccc1C. The van der Waals surface area contributed by atoms with E-state index in [1.165, 1.54) is 0 Å². The average molecular weight is 261 g/mol. The summed E-state index contributed by atoms with van der Waals surface area (Å²) < 4.78 is 0. The zero-order chi connectivity index (χ0) is 14.4. The molecule has 4 nitrogen and oxygen atoms in total. The Morgan fingerprint density at radius 3 is 2.37 bits per heavy atom. The zero-order valence-corrected chi connectivity index (χ0v) is 12.4. The molecule has 0 bridgehead atoms. The van der Waals surface area contributed by atoms with E-state index in [4.69, 9.17) is 0 Å². The zero-order valence-electron chi connectivity index (χ0n) is 12.4. The lowest BCUT2D eigenvalue weighted by molar-refractivity contribution is 0.252. The second-order valence-corrected chi connectivity index (χ2v) is 5.28. The maximum Gasteiger partial charge on any atom is 0.339 e.